The molecule has 2 atom stereocenters. The first-order valence-electron chi connectivity index (χ1n) is 7.91. The number of hydrogen-bond donors (Lipinski definition) is 1. The molecule has 0 aliphatic carbocycles. The van der Waals surface area contributed by atoms with Gasteiger partial charge in [-0.15, -0.1) is 0 Å². The molecule has 0 saturated heterocycles. The van der Waals surface area contributed by atoms with Crippen LogP contribution in [0.15, 0.2) is 36.5 Å². The number of benzene rings is 1. The van der Waals surface area contributed by atoms with E-state index >= 15 is 0 Å². The second-order valence-corrected chi connectivity index (χ2v) is 5.41. The lowest BCUT2D eigenvalue weighted by Crippen LogP contribution is -2.34. The minimum Gasteiger partial charge on any atom is -0.379 e. The van der Waals surface area contributed by atoms with Crippen molar-refractivity contribution >= 4 is 10.9 Å². The van der Waals surface area contributed by atoms with E-state index in [-0.39, 0.29) is 12.1 Å². The largest absolute Gasteiger partial charge is 0.379 e. The molecular formula is C18H26N2O. The molecule has 0 saturated carbocycles. The Hall–Kier alpha value is -1.45. The Balaban J connectivity index is 2.42. The van der Waals surface area contributed by atoms with Crippen molar-refractivity contribution in [3.63, 3.8) is 0 Å². The fourth-order valence-corrected chi connectivity index (χ4v) is 2.84. The van der Waals surface area contributed by atoms with Gasteiger partial charge in [0.1, 0.15) is 0 Å². The smallest absolute Gasteiger partial charge is 0.0766 e. The molecule has 114 valence electrons. The average Bonchev–Trinajstić information content (AvgIpc) is 2.54. The summed E-state index contributed by atoms with van der Waals surface area (Å²) in [4.78, 5) is 4.47. The summed E-state index contributed by atoms with van der Waals surface area (Å²) in [6, 6.07) is 10.7. The van der Waals surface area contributed by atoms with Gasteiger partial charge in [-0.1, -0.05) is 38.5 Å². The number of fused-ring (bicyclic) bond motifs is 1. The van der Waals surface area contributed by atoms with Crippen molar-refractivity contribution in [2.24, 2.45) is 0 Å². The Kier molecular flexibility index (Phi) is 6.15. The van der Waals surface area contributed by atoms with Crippen LogP contribution in [0.4, 0.5) is 0 Å². The SMILES string of the molecule is CCCNC(c1cccc2ncccc12)C(CCC)OC. The molecule has 2 aromatic rings. The van der Waals surface area contributed by atoms with Crippen molar-refractivity contribution in [2.75, 3.05) is 13.7 Å². The molecule has 0 aliphatic rings. The summed E-state index contributed by atoms with van der Waals surface area (Å²) >= 11 is 0. The molecule has 21 heavy (non-hydrogen) atoms. The Morgan fingerprint density at radius 1 is 1.14 bits per heavy atom. The van der Waals surface area contributed by atoms with Gasteiger partial charge in [-0.3, -0.25) is 4.98 Å². The van der Waals surface area contributed by atoms with Crippen LogP contribution in [0.5, 0.6) is 0 Å². The van der Waals surface area contributed by atoms with E-state index in [0.717, 1.165) is 31.3 Å². The fraction of sp³-hybridized carbons (Fsp3) is 0.500. The van der Waals surface area contributed by atoms with Crippen LogP contribution in [0, 0.1) is 0 Å². The van der Waals surface area contributed by atoms with Crippen LogP contribution in [-0.2, 0) is 4.74 Å². The van der Waals surface area contributed by atoms with Crippen molar-refractivity contribution in [3.8, 4) is 0 Å². The quantitative estimate of drug-likeness (QED) is 0.793. The standard InChI is InChI=1S/C18H26N2O/c1-4-8-17(21-3)18(20-12-5-2)15-9-6-11-16-14(15)10-7-13-19-16/h6-7,9-11,13,17-18,20H,4-5,8,12H2,1-3H3. The lowest BCUT2D eigenvalue weighted by atomic mass is 9.94. The van der Waals surface area contributed by atoms with Gasteiger partial charge in [0.15, 0.2) is 0 Å². The lowest BCUT2D eigenvalue weighted by Gasteiger charge is -2.28. The molecule has 0 bridgehead atoms. The van der Waals surface area contributed by atoms with Gasteiger partial charge >= 0.3 is 0 Å². The third kappa shape index (κ3) is 3.80. The predicted octanol–water partition coefficient (Wildman–Crippen LogP) is 4.09. The molecule has 2 unspecified atom stereocenters. The van der Waals surface area contributed by atoms with Crippen molar-refractivity contribution < 1.29 is 4.74 Å². The number of hydrogen-bond acceptors (Lipinski definition) is 3. The minimum absolute atomic E-state index is 0.187. The molecular weight excluding hydrogens is 260 g/mol. The summed E-state index contributed by atoms with van der Waals surface area (Å²) in [5.41, 5.74) is 2.33. The topological polar surface area (TPSA) is 34.2 Å². The van der Waals surface area contributed by atoms with E-state index in [9.17, 15) is 0 Å². The van der Waals surface area contributed by atoms with Crippen LogP contribution in [0.2, 0.25) is 0 Å². The fourth-order valence-electron chi connectivity index (χ4n) is 2.84. The first-order valence-corrected chi connectivity index (χ1v) is 7.91. The summed E-state index contributed by atoms with van der Waals surface area (Å²) in [6.07, 6.45) is 5.32. The highest BCUT2D eigenvalue weighted by molar-refractivity contribution is 5.82. The number of rotatable bonds is 8. The van der Waals surface area contributed by atoms with Crippen molar-refractivity contribution in [1.82, 2.24) is 10.3 Å². The minimum atomic E-state index is 0.187. The van der Waals surface area contributed by atoms with Crippen molar-refractivity contribution in [3.05, 3.63) is 42.1 Å². The zero-order chi connectivity index (χ0) is 15.1. The van der Waals surface area contributed by atoms with E-state index in [0.29, 0.717) is 0 Å². The third-order valence-electron chi connectivity index (χ3n) is 3.88. The maximum Gasteiger partial charge on any atom is 0.0766 e. The molecule has 0 fully saturated rings. The molecule has 1 N–H and O–H groups in total. The number of nitrogens with zero attached hydrogens (tertiary/aromatic N) is 1. The maximum absolute atomic E-state index is 5.77. The maximum atomic E-state index is 5.77. The molecule has 1 heterocycles. The average molecular weight is 286 g/mol. The second kappa shape index (κ2) is 8.11. The van der Waals surface area contributed by atoms with Gasteiger partial charge in [0.05, 0.1) is 17.7 Å². The molecule has 3 heteroatoms. The molecule has 0 spiro atoms. The number of methoxy groups -OCH3 is 1. The molecule has 0 radical (unpaired) electrons. The van der Waals surface area contributed by atoms with Gasteiger partial charge < -0.3 is 10.1 Å². The molecule has 1 aromatic carbocycles. The van der Waals surface area contributed by atoms with Gasteiger partial charge in [0.2, 0.25) is 0 Å². The normalized spacial score (nSPS) is 14.2. The molecule has 2 rings (SSSR count). The summed E-state index contributed by atoms with van der Waals surface area (Å²) < 4.78 is 5.77. The van der Waals surface area contributed by atoms with E-state index in [1.165, 1.54) is 10.9 Å². The number of aromatic nitrogens is 1. The molecule has 0 amide bonds. The van der Waals surface area contributed by atoms with E-state index in [2.05, 4.69) is 48.4 Å². The van der Waals surface area contributed by atoms with Gasteiger partial charge in [0, 0.05) is 18.7 Å². The molecule has 1 aromatic heterocycles. The molecule has 3 nitrogen and oxygen atoms in total. The Morgan fingerprint density at radius 3 is 2.71 bits per heavy atom. The zero-order valence-electron chi connectivity index (χ0n) is 13.3. The van der Waals surface area contributed by atoms with Gasteiger partial charge in [0.25, 0.3) is 0 Å². The van der Waals surface area contributed by atoms with Crippen LogP contribution in [0.1, 0.15) is 44.7 Å². The highest BCUT2D eigenvalue weighted by Gasteiger charge is 2.23. The second-order valence-electron chi connectivity index (χ2n) is 5.41. The van der Waals surface area contributed by atoms with Crippen LogP contribution in [0.3, 0.4) is 0 Å². The number of nitrogens with one attached hydrogen (secondary N) is 1. The Labute approximate surface area is 127 Å². The highest BCUT2D eigenvalue weighted by atomic mass is 16.5. The summed E-state index contributed by atoms with van der Waals surface area (Å²) in [7, 11) is 1.81. The third-order valence-corrected chi connectivity index (χ3v) is 3.88. The molecule has 0 aliphatic heterocycles. The van der Waals surface area contributed by atoms with E-state index in [1.807, 2.05) is 19.4 Å². The van der Waals surface area contributed by atoms with E-state index in [4.69, 9.17) is 4.74 Å². The van der Waals surface area contributed by atoms with Crippen LogP contribution >= 0.6 is 0 Å². The van der Waals surface area contributed by atoms with Crippen LogP contribution in [-0.4, -0.2) is 24.7 Å². The van der Waals surface area contributed by atoms with E-state index < -0.39 is 0 Å². The van der Waals surface area contributed by atoms with E-state index in [1.54, 1.807) is 0 Å². The van der Waals surface area contributed by atoms with Crippen molar-refractivity contribution in [2.45, 2.75) is 45.3 Å². The van der Waals surface area contributed by atoms with Crippen molar-refractivity contribution in [1.29, 1.82) is 0 Å². The van der Waals surface area contributed by atoms with Gasteiger partial charge in [-0.2, -0.15) is 0 Å². The lowest BCUT2D eigenvalue weighted by molar-refractivity contribution is 0.0610. The summed E-state index contributed by atoms with van der Waals surface area (Å²) in [5, 5.41) is 4.88. The number of ether oxygens (including phenoxy) is 1. The van der Waals surface area contributed by atoms with Crippen LogP contribution < -0.4 is 5.32 Å². The highest BCUT2D eigenvalue weighted by Crippen LogP contribution is 2.28. The number of pyridine rings is 1. The Bertz CT molecular complexity index is 550. The van der Waals surface area contributed by atoms with Crippen LogP contribution in [0.25, 0.3) is 10.9 Å². The summed E-state index contributed by atoms with van der Waals surface area (Å²) in [6.45, 7) is 5.38. The first kappa shape index (κ1) is 15.9. The zero-order valence-corrected chi connectivity index (χ0v) is 13.3. The monoisotopic (exact) mass is 286 g/mol. The Morgan fingerprint density at radius 2 is 2.00 bits per heavy atom. The first-order chi connectivity index (χ1) is 10.3. The summed E-state index contributed by atoms with van der Waals surface area (Å²) in [5.74, 6) is 0. The van der Waals surface area contributed by atoms with Gasteiger partial charge in [-0.05, 0) is 37.1 Å². The predicted molar refractivity (Wildman–Crippen MR) is 88.5 cm³/mol. The van der Waals surface area contributed by atoms with Gasteiger partial charge in [-0.25, -0.2) is 0 Å².